The summed E-state index contributed by atoms with van der Waals surface area (Å²) in [4.78, 5) is 12.2. The molecule has 1 aliphatic carbocycles. The monoisotopic (exact) mass is 256 g/mol. The molecule has 1 heterocycles. The summed E-state index contributed by atoms with van der Waals surface area (Å²) < 4.78 is 1.80. The number of H-pyrrole nitrogens is 1. The molecule has 1 N–H and O–H groups in total. The minimum absolute atomic E-state index is 0.211. The van der Waals surface area contributed by atoms with Crippen molar-refractivity contribution in [2.45, 2.75) is 45.1 Å². The normalized spacial score (nSPS) is 14.3. The molecule has 0 radical (unpaired) electrons. The number of nitrogens with one attached hydrogen (secondary N) is 1. The van der Waals surface area contributed by atoms with Gasteiger partial charge in [0, 0.05) is 17.8 Å². The Kier molecular flexibility index (Phi) is 3.53. The molecule has 100 valence electrons. The van der Waals surface area contributed by atoms with Gasteiger partial charge in [-0.2, -0.15) is 0 Å². The van der Waals surface area contributed by atoms with Gasteiger partial charge in [0.25, 0.3) is 5.56 Å². The molecule has 0 amide bonds. The van der Waals surface area contributed by atoms with Crippen LogP contribution in [0.4, 0.5) is 0 Å². The first-order valence-corrected chi connectivity index (χ1v) is 7.19. The summed E-state index contributed by atoms with van der Waals surface area (Å²) in [5.41, 5.74) is 3.76. The predicted molar refractivity (Wildman–Crippen MR) is 76.5 cm³/mol. The second-order valence-electron chi connectivity index (χ2n) is 5.32. The Hall–Kier alpha value is -1.77. The Morgan fingerprint density at radius 1 is 1.11 bits per heavy atom. The van der Waals surface area contributed by atoms with Gasteiger partial charge in [-0.15, -0.1) is 0 Å². The highest BCUT2D eigenvalue weighted by Crippen LogP contribution is 2.16. The van der Waals surface area contributed by atoms with Gasteiger partial charge in [0.05, 0.1) is 0 Å². The lowest BCUT2D eigenvalue weighted by Gasteiger charge is -2.07. The summed E-state index contributed by atoms with van der Waals surface area (Å²) >= 11 is 0. The predicted octanol–water partition coefficient (Wildman–Crippen LogP) is 2.69. The fourth-order valence-electron chi connectivity index (χ4n) is 2.88. The van der Waals surface area contributed by atoms with Gasteiger partial charge < -0.3 is 0 Å². The van der Waals surface area contributed by atoms with Crippen LogP contribution in [-0.4, -0.2) is 9.78 Å². The van der Waals surface area contributed by atoms with E-state index in [0.717, 1.165) is 44.2 Å². The van der Waals surface area contributed by atoms with Crippen LogP contribution in [0.1, 0.15) is 36.1 Å². The van der Waals surface area contributed by atoms with Crippen molar-refractivity contribution in [1.82, 2.24) is 9.78 Å². The maximum atomic E-state index is 12.2. The first-order valence-electron chi connectivity index (χ1n) is 7.19. The molecule has 0 atom stereocenters. The smallest absolute Gasteiger partial charge is 0.269 e. The molecule has 0 spiro atoms. The van der Waals surface area contributed by atoms with Crippen molar-refractivity contribution in [3.05, 3.63) is 57.5 Å². The molecule has 0 unspecified atom stereocenters. The van der Waals surface area contributed by atoms with Crippen molar-refractivity contribution in [1.29, 1.82) is 0 Å². The van der Waals surface area contributed by atoms with Gasteiger partial charge in [-0.3, -0.25) is 14.6 Å². The highest BCUT2D eigenvalue weighted by Gasteiger charge is 2.16. The van der Waals surface area contributed by atoms with E-state index in [1.54, 1.807) is 4.68 Å². The molecule has 1 aromatic heterocycles. The number of aromatic nitrogens is 2. The van der Waals surface area contributed by atoms with Gasteiger partial charge in [-0.1, -0.05) is 30.3 Å². The number of nitrogens with zero attached hydrogens (tertiary/aromatic N) is 1. The third-order valence-electron chi connectivity index (χ3n) is 3.93. The Morgan fingerprint density at radius 2 is 1.89 bits per heavy atom. The summed E-state index contributed by atoms with van der Waals surface area (Å²) in [5, 5.41) is 3.29. The van der Waals surface area contributed by atoms with E-state index in [0.29, 0.717) is 0 Å². The Balaban J connectivity index is 1.64. The third-order valence-corrected chi connectivity index (χ3v) is 3.93. The zero-order valence-electron chi connectivity index (χ0n) is 11.2. The van der Waals surface area contributed by atoms with E-state index >= 15 is 0 Å². The molecular weight excluding hydrogens is 236 g/mol. The van der Waals surface area contributed by atoms with Gasteiger partial charge in [-0.05, 0) is 44.1 Å². The molecule has 1 aromatic carbocycles. The van der Waals surface area contributed by atoms with Crippen molar-refractivity contribution >= 4 is 0 Å². The van der Waals surface area contributed by atoms with E-state index in [-0.39, 0.29) is 5.56 Å². The van der Waals surface area contributed by atoms with Crippen LogP contribution < -0.4 is 5.56 Å². The lowest BCUT2D eigenvalue weighted by molar-refractivity contribution is 0.556. The number of rotatable bonds is 4. The van der Waals surface area contributed by atoms with Gasteiger partial charge >= 0.3 is 0 Å². The average molecular weight is 256 g/mol. The van der Waals surface area contributed by atoms with Gasteiger partial charge in [0.15, 0.2) is 0 Å². The molecule has 2 aromatic rings. The number of benzene rings is 1. The van der Waals surface area contributed by atoms with Crippen LogP contribution in [0, 0.1) is 0 Å². The number of hydrogen-bond donors (Lipinski definition) is 1. The summed E-state index contributed by atoms with van der Waals surface area (Å²) in [5.74, 6) is 0. The van der Waals surface area contributed by atoms with Crippen LogP contribution in [0.3, 0.4) is 0 Å². The lowest BCUT2D eigenvalue weighted by atomic mass is 9.98. The SMILES string of the molecule is O=c1c2c([nH]n1CCCc1ccccc1)CCCC2. The van der Waals surface area contributed by atoms with Gasteiger partial charge in [-0.25, -0.2) is 0 Å². The first kappa shape index (κ1) is 12.3. The van der Waals surface area contributed by atoms with Crippen molar-refractivity contribution < 1.29 is 0 Å². The summed E-state index contributed by atoms with van der Waals surface area (Å²) in [6.07, 6.45) is 6.38. The number of aryl methyl sites for hydroxylation is 3. The largest absolute Gasteiger partial charge is 0.299 e. The van der Waals surface area contributed by atoms with E-state index in [2.05, 4.69) is 29.4 Å². The lowest BCUT2D eigenvalue weighted by Crippen LogP contribution is -2.20. The molecule has 0 saturated heterocycles. The minimum atomic E-state index is 0.211. The van der Waals surface area contributed by atoms with Crippen LogP contribution in [0.25, 0.3) is 0 Å². The number of hydrogen-bond acceptors (Lipinski definition) is 1. The number of aromatic amines is 1. The molecule has 0 fully saturated rings. The van der Waals surface area contributed by atoms with Gasteiger partial charge in [0.1, 0.15) is 0 Å². The zero-order chi connectivity index (χ0) is 13.1. The summed E-state index contributed by atoms with van der Waals surface area (Å²) in [7, 11) is 0. The second-order valence-corrected chi connectivity index (χ2v) is 5.32. The standard InChI is InChI=1S/C16H20N2O/c19-16-14-10-4-5-11-15(14)17-18(16)12-6-9-13-7-2-1-3-8-13/h1-3,7-8,17H,4-6,9-12H2. The van der Waals surface area contributed by atoms with Crippen LogP contribution in [-0.2, 0) is 25.8 Å². The van der Waals surface area contributed by atoms with E-state index in [9.17, 15) is 4.79 Å². The fourth-order valence-corrected chi connectivity index (χ4v) is 2.88. The molecule has 0 aliphatic heterocycles. The van der Waals surface area contributed by atoms with E-state index < -0.39 is 0 Å². The fraction of sp³-hybridized carbons (Fsp3) is 0.438. The van der Waals surface area contributed by atoms with Crippen molar-refractivity contribution in [3.63, 3.8) is 0 Å². The average Bonchev–Trinajstić information content (AvgIpc) is 2.78. The minimum Gasteiger partial charge on any atom is -0.299 e. The third kappa shape index (κ3) is 2.65. The maximum Gasteiger partial charge on any atom is 0.269 e. The molecule has 3 nitrogen and oxygen atoms in total. The highest BCUT2D eigenvalue weighted by atomic mass is 16.1. The Morgan fingerprint density at radius 3 is 2.68 bits per heavy atom. The van der Waals surface area contributed by atoms with Crippen molar-refractivity contribution in [2.75, 3.05) is 0 Å². The zero-order valence-corrected chi connectivity index (χ0v) is 11.2. The molecule has 3 rings (SSSR count). The van der Waals surface area contributed by atoms with Crippen LogP contribution in [0.5, 0.6) is 0 Å². The van der Waals surface area contributed by atoms with Crippen molar-refractivity contribution in [2.24, 2.45) is 0 Å². The second kappa shape index (κ2) is 5.47. The molecule has 0 bridgehead atoms. The number of fused-ring (bicyclic) bond motifs is 1. The van der Waals surface area contributed by atoms with Crippen LogP contribution in [0.15, 0.2) is 35.1 Å². The quantitative estimate of drug-likeness (QED) is 0.897. The van der Waals surface area contributed by atoms with E-state index in [1.165, 1.54) is 17.7 Å². The molecular formula is C16H20N2O. The van der Waals surface area contributed by atoms with Crippen LogP contribution in [0.2, 0.25) is 0 Å². The molecule has 3 heteroatoms. The van der Waals surface area contributed by atoms with Gasteiger partial charge in [0.2, 0.25) is 0 Å². The summed E-state index contributed by atoms with van der Waals surface area (Å²) in [6, 6.07) is 10.4. The summed E-state index contributed by atoms with van der Waals surface area (Å²) in [6.45, 7) is 0.792. The van der Waals surface area contributed by atoms with Crippen molar-refractivity contribution in [3.8, 4) is 0 Å². The first-order chi connectivity index (χ1) is 9.34. The Labute approximate surface area is 113 Å². The topological polar surface area (TPSA) is 37.8 Å². The van der Waals surface area contributed by atoms with E-state index in [1.807, 2.05) is 6.07 Å². The van der Waals surface area contributed by atoms with Crippen LogP contribution >= 0.6 is 0 Å². The highest BCUT2D eigenvalue weighted by molar-refractivity contribution is 5.20. The Bertz CT molecular complexity index is 595. The molecule has 1 aliphatic rings. The van der Waals surface area contributed by atoms with E-state index in [4.69, 9.17) is 0 Å². The maximum absolute atomic E-state index is 12.2. The molecule has 19 heavy (non-hydrogen) atoms. The molecule has 0 saturated carbocycles.